The molecule has 0 spiro atoms. The molecular weight excluding hydrogens is 518 g/mol. The maximum absolute atomic E-state index is 13.2. The Morgan fingerprint density at radius 2 is 1.87 bits per heavy atom. The van der Waals surface area contributed by atoms with Crippen molar-refractivity contribution in [3.8, 4) is 11.5 Å². The SMILES string of the molecule is C=CCOc1c(I)cc(/C=C2\C(=O)NC(=O)N(c3ccc(F)cc3)C2=O)cc1OCC. The highest BCUT2D eigenvalue weighted by atomic mass is 127. The Hall–Kier alpha value is -3.21. The van der Waals surface area contributed by atoms with Gasteiger partial charge in [0.15, 0.2) is 11.5 Å². The number of imide groups is 2. The largest absolute Gasteiger partial charge is 0.490 e. The lowest BCUT2D eigenvalue weighted by atomic mass is 10.1. The number of carbonyl (C=O) groups is 3. The van der Waals surface area contributed by atoms with Crippen molar-refractivity contribution >= 4 is 52.2 Å². The predicted octanol–water partition coefficient (Wildman–Crippen LogP) is 4.06. The van der Waals surface area contributed by atoms with Gasteiger partial charge in [0.25, 0.3) is 11.8 Å². The fourth-order valence-electron chi connectivity index (χ4n) is 2.87. The smallest absolute Gasteiger partial charge is 0.335 e. The third-order valence-corrected chi connectivity index (χ3v) is 4.98. The van der Waals surface area contributed by atoms with Gasteiger partial charge in [0.1, 0.15) is 18.0 Å². The second-order valence-electron chi connectivity index (χ2n) is 6.30. The first-order chi connectivity index (χ1) is 14.8. The molecule has 9 heteroatoms. The van der Waals surface area contributed by atoms with Crippen LogP contribution in [0.1, 0.15) is 12.5 Å². The Morgan fingerprint density at radius 3 is 2.52 bits per heavy atom. The summed E-state index contributed by atoms with van der Waals surface area (Å²) in [5.41, 5.74) is 0.396. The number of anilines is 1. The maximum atomic E-state index is 13.2. The molecular formula is C22H18FIN2O5. The molecule has 2 aromatic rings. The van der Waals surface area contributed by atoms with E-state index < -0.39 is 23.7 Å². The molecule has 7 nitrogen and oxygen atoms in total. The van der Waals surface area contributed by atoms with Crippen molar-refractivity contribution in [3.63, 3.8) is 0 Å². The van der Waals surface area contributed by atoms with Crippen molar-refractivity contribution in [3.05, 3.63) is 69.6 Å². The average molecular weight is 536 g/mol. The van der Waals surface area contributed by atoms with Crippen LogP contribution in [0, 0.1) is 9.39 Å². The Labute approximate surface area is 191 Å². The van der Waals surface area contributed by atoms with Crippen LogP contribution in [0.5, 0.6) is 11.5 Å². The van der Waals surface area contributed by atoms with Crippen molar-refractivity contribution in [2.45, 2.75) is 6.92 Å². The topological polar surface area (TPSA) is 84.9 Å². The van der Waals surface area contributed by atoms with E-state index in [0.29, 0.717) is 27.2 Å². The van der Waals surface area contributed by atoms with Gasteiger partial charge in [-0.05, 0) is 77.6 Å². The van der Waals surface area contributed by atoms with E-state index in [0.717, 1.165) is 17.0 Å². The number of amides is 4. The molecule has 1 saturated heterocycles. The number of benzene rings is 2. The summed E-state index contributed by atoms with van der Waals surface area (Å²) in [6.07, 6.45) is 2.97. The lowest BCUT2D eigenvalue weighted by molar-refractivity contribution is -0.122. The Kier molecular flexibility index (Phi) is 7.06. The molecule has 1 aliphatic rings. The number of rotatable bonds is 7. The van der Waals surface area contributed by atoms with Crippen LogP contribution in [0.2, 0.25) is 0 Å². The molecule has 1 fully saturated rings. The number of nitrogens with one attached hydrogen (secondary N) is 1. The molecule has 2 aromatic carbocycles. The number of ether oxygens (including phenoxy) is 2. The zero-order chi connectivity index (χ0) is 22.5. The first kappa shape index (κ1) is 22.5. The lowest BCUT2D eigenvalue weighted by Gasteiger charge is -2.26. The summed E-state index contributed by atoms with van der Waals surface area (Å²) in [6, 6.07) is 7.24. The summed E-state index contributed by atoms with van der Waals surface area (Å²) < 4.78 is 25.2. The van der Waals surface area contributed by atoms with E-state index in [9.17, 15) is 18.8 Å². The molecule has 0 saturated carbocycles. The molecule has 0 bridgehead atoms. The van der Waals surface area contributed by atoms with E-state index >= 15 is 0 Å². The summed E-state index contributed by atoms with van der Waals surface area (Å²) in [6.45, 7) is 6.11. The van der Waals surface area contributed by atoms with E-state index in [-0.39, 0.29) is 17.9 Å². The van der Waals surface area contributed by atoms with E-state index in [1.54, 1.807) is 18.2 Å². The van der Waals surface area contributed by atoms with Crippen LogP contribution in [0.25, 0.3) is 6.08 Å². The van der Waals surface area contributed by atoms with Crippen LogP contribution in [0.15, 0.2) is 54.6 Å². The number of hydrogen-bond acceptors (Lipinski definition) is 5. The second kappa shape index (κ2) is 9.73. The fourth-order valence-corrected chi connectivity index (χ4v) is 3.65. The van der Waals surface area contributed by atoms with Crippen LogP contribution in [0.4, 0.5) is 14.9 Å². The maximum Gasteiger partial charge on any atom is 0.335 e. The molecule has 1 heterocycles. The minimum absolute atomic E-state index is 0.139. The van der Waals surface area contributed by atoms with Gasteiger partial charge in [0.05, 0.1) is 15.9 Å². The fraction of sp³-hybridized carbons (Fsp3) is 0.136. The van der Waals surface area contributed by atoms with Crippen LogP contribution in [-0.4, -0.2) is 31.1 Å². The summed E-state index contributed by atoms with van der Waals surface area (Å²) >= 11 is 2.06. The van der Waals surface area contributed by atoms with Gasteiger partial charge in [0.2, 0.25) is 0 Å². The van der Waals surface area contributed by atoms with E-state index in [1.165, 1.54) is 18.2 Å². The lowest BCUT2D eigenvalue weighted by Crippen LogP contribution is -2.54. The van der Waals surface area contributed by atoms with Gasteiger partial charge in [-0.25, -0.2) is 14.1 Å². The quantitative estimate of drug-likeness (QED) is 0.250. The summed E-state index contributed by atoms with van der Waals surface area (Å²) in [7, 11) is 0. The van der Waals surface area contributed by atoms with Crippen molar-refractivity contribution < 1.29 is 28.2 Å². The predicted molar refractivity (Wildman–Crippen MR) is 121 cm³/mol. The number of carbonyl (C=O) groups excluding carboxylic acids is 3. The van der Waals surface area contributed by atoms with Crippen LogP contribution >= 0.6 is 22.6 Å². The number of urea groups is 1. The number of hydrogen-bond donors (Lipinski definition) is 1. The Bertz CT molecular complexity index is 1080. The molecule has 0 atom stereocenters. The van der Waals surface area contributed by atoms with Gasteiger partial charge in [0, 0.05) is 0 Å². The molecule has 31 heavy (non-hydrogen) atoms. The third kappa shape index (κ3) is 4.93. The first-order valence-corrected chi connectivity index (χ1v) is 10.3. The van der Waals surface area contributed by atoms with Crippen LogP contribution in [0.3, 0.4) is 0 Å². The van der Waals surface area contributed by atoms with E-state index in [4.69, 9.17) is 9.47 Å². The van der Waals surface area contributed by atoms with Gasteiger partial charge in [-0.15, -0.1) is 0 Å². The van der Waals surface area contributed by atoms with E-state index in [1.807, 2.05) is 6.92 Å². The highest BCUT2D eigenvalue weighted by molar-refractivity contribution is 14.1. The normalized spacial score (nSPS) is 15.1. The van der Waals surface area contributed by atoms with Gasteiger partial charge in [-0.1, -0.05) is 12.7 Å². The van der Waals surface area contributed by atoms with Gasteiger partial charge >= 0.3 is 6.03 Å². The molecule has 1 N–H and O–H groups in total. The van der Waals surface area contributed by atoms with Crippen molar-refractivity contribution in [1.82, 2.24) is 5.32 Å². The second-order valence-corrected chi connectivity index (χ2v) is 7.46. The summed E-state index contributed by atoms with van der Waals surface area (Å²) in [5, 5.41) is 2.13. The first-order valence-electron chi connectivity index (χ1n) is 9.22. The standard InChI is InChI=1S/C22H18FIN2O5/c1-3-9-31-19-17(24)11-13(12-18(19)30-4-2)10-16-20(27)25-22(29)26(21(16)28)15-7-5-14(23)6-8-15/h3,5-8,10-12H,1,4,9H2,2H3,(H,25,27,29)/b16-10+. The number of halogens is 2. The van der Waals surface area contributed by atoms with Gasteiger partial charge in [-0.3, -0.25) is 14.9 Å². The summed E-state index contributed by atoms with van der Waals surface area (Å²) in [4.78, 5) is 38.4. The van der Waals surface area contributed by atoms with Gasteiger partial charge < -0.3 is 9.47 Å². The van der Waals surface area contributed by atoms with Crippen molar-refractivity contribution in [1.29, 1.82) is 0 Å². The monoisotopic (exact) mass is 536 g/mol. The van der Waals surface area contributed by atoms with Crippen molar-refractivity contribution in [2.24, 2.45) is 0 Å². The highest BCUT2D eigenvalue weighted by Gasteiger charge is 2.36. The molecule has 0 radical (unpaired) electrons. The molecule has 0 aliphatic carbocycles. The number of nitrogens with zero attached hydrogens (tertiary/aromatic N) is 1. The molecule has 3 rings (SSSR count). The molecule has 1 aliphatic heterocycles. The number of barbiturate groups is 1. The Balaban J connectivity index is 2.01. The molecule has 0 aromatic heterocycles. The highest BCUT2D eigenvalue weighted by Crippen LogP contribution is 2.35. The zero-order valence-corrected chi connectivity index (χ0v) is 18.6. The summed E-state index contributed by atoms with van der Waals surface area (Å²) in [5.74, 6) is -1.20. The third-order valence-electron chi connectivity index (χ3n) is 4.17. The minimum Gasteiger partial charge on any atom is -0.490 e. The van der Waals surface area contributed by atoms with E-state index in [2.05, 4.69) is 34.5 Å². The van der Waals surface area contributed by atoms with Crippen LogP contribution in [-0.2, 0) is 9.59 Å². The van der Waals surface area contributed by atoms with Crippen molar-refractivity contribution in [2.75, 3.05) is 18.1 Å². The molecule has 0 unspecified atom stereocenters. The average Bonchev–Trinajstić information content (AvgIpc) is 2.72. The molecule has 160 valence electrons. The Morgan fingerprint density at radius 1 is 1.16 bits per heavy atom. The minimum atomic E-state index is -0.906. The molecule has 4 amide bonds. The van der Waals surface area contributed by atoms with Crippen LogP contribution < -0.4 is 19.7 Å². The zero-order valence-electron chi connectivity index (χ0n) is 16.5. The van der Waals surface area contributed by atoms with Gasteiger partial charge in [-0.2, -0.15) is 0 Å².